The topological polar surface area (TPSA) is 59.8 Å². The molecule has 0 spiro atoms. The maximum absolute atomic E-state index is 13.4. The van der Waals surface area contributed by atoms with Crippen molar-refractivity contribution in [3.05, 3.63) is 71.7 Å². The second-order valence-electron chi connectivity index (χ2n) is 6.26. The Kier molecular flexibility index (Phi) is 11.9. The van der Waals surface area contributed by atoms with Gasteiger partial charge in [0.05, 0.1) is 28.3 Å². The van der Waals surface area contributed by atoms with Crippen LogP contribution >= 0.6 is 11.6 Å². The molecule has 0 aliphatic rings. The molecular formula is C24H29ClF2N4O. The Balaban J connectivity index is 0.000000436. The lowest BCUT2D eigenvalue weighted by molar-refractivity contribution is -0.120. The lowest BCUT2D eigenvalue weighted by atomic mass is 10.2. The summed E-state index contributed by atoms with van der Waals surface area (Å²) in [4.78, 5) is 14.3. The summed E-state index contributed by atoms with van der Waals surface area (Å²) in [6, 6.07) is 7.32. The monoisotopic (exact) mass is 462 g/mol. The lowest BCUT2D eigenvalue weighted by Gasteiger charge is -2.08. The Morgan fingerprint density at radius 2 is 1.91 bits per heavy atom. The molecule has 0 radical (unpaired) electrons. The number of nitrogens with zero attached hydrogens (tertiary/aromatic N) is 3. The van der Waals surface area contributed by atoms with E-state index in [0.717, 1.165) is 19.2 Å². The van der Waals surface area contributed by atoms with E-state index >= 15 is 0 Å². The van der Waals surface area contributed by atoms with Crippen LogP contribution in [0.15, 0.2) is 49.3 Å². The Labute approximate surface area is 193 Å². The van der Waals surface area contributed by atoms with Crippen molar-refractivity contribution in [3.8, 4) is 16.9 Å². The first-order chi connectivity index (χ1) is 15.4. The Morgan fingerprint density at radius 3 is 2.47 bits per heavy atom. The third kappa shape index (κ3) is 7.89. The van der Waals surface area contributed by atoms with E-state index in [1.807, 2.05) is 27.7 Å². The smallest absolute Gasteiger partial charge is 0.219 e. The van der Waals surface area contributed by atoms with Crippen LogP contribution in [0.5, 0.6) is 0 Å². The summed E-state index contributed by atoms with van der Waals surface area (Å²) < 4.78 is 28.3. The van der Waals surface area contributed by atoms with Gasteiger partial charge in [0, 0.05) is 24.7 Å². The molecule has 0 aliphatic carbocycles. The van der Waals surface area contributed by atoms with Crippen molar-refractivity contribution in [1.82, 2.24) is 20.1 Å². The van der Waals surface area contributed by atoms with Crippen molar-refractivity contribution in [2.75, 3.05) is 6.54 Å². The van der Waals surface area contributed by atoms with Gasteiger partial charge in [-0.2, -0.15) is 5.10 Å². The molecule has 2 heterocycles. The maximum Gasteiger partial charge on any atom is 0.219 e. The number of rotatable bonds is 6. The number of carbonyl (C=O) groups excluding carboxylic acids is 1. The molecule has 2 aromatic heterocycles. The van der Waals surface area contributed by atoms with Crippen LogP contribution in [0, 0.1) is 11.6 Å². The van der Waals surface area contributed by atoms with Gasteiger partial charge in [-0.15, -0.1) is 0 Å². The van der Waals surface area contributed by atoms with Crippen molar-refractivity contribution in [2.24, 2.45) is 0 Å². The summed E-state index contributed by atoms with van der Waals surface area (Å²) in [6.45, 7) is 12.4. The number of hydrogen-bond acceptors (Lipinski definition) is 3. The molecule has 0 saturated carbocycles. The van der Waals surface area contributed by atoms with Gasteiger partial charge in [-0.1, -0.05) is 45.9 Å². The first-order valence-electron chi connectivity index (χ1n) is 10.4. The van der Waals surface area contributed by atoms with Crippen LogP contribution < -0.4 is 5.32 Å². The van der Waals surface area contributed by atoms with E-state index < -0.39 is 11.6 Å². The van der Waals surface area contributed by atoms with E-state index in [0.29, 0.717) is 29.1 Å². The number of pyridine rings is 1. The SMILES string of the molecule is C=Cc1cc(-c2cncc(F)c2)n(-c2ccc(F)c(Cl)c2)n1.CC.CCCNC(=O)CC. The number of hydrogen-bond donors (Lipinski definition) is 1. The highest BCUT2D eigenvalue weighted by Crippen LogP contribution is 2.26. The van der Waals surface area contributed by atoms with Crippen molar-refractivity contribution in [1.29, 1.82) is 0 Å². The quantitative estimate of drug-likeness (QED) is 0.457. The highest BCUT2D eigenvalue weighted by atomic mass is 35.5. The lowest BCUT2D eigenvalue weighted by Crippen LogP contribution is -2.22. The molecule has 3 aromatic rings. The van der Waals surface area contributed by atoms with E-state index in [-0.39, 0.29) is 10.9 Å². The summed E-state index contributed by atoms with van der Waals surface area (Å²) in [5.41, 5.74) is 2.30. The van der Waals surface area contributed by atoms with Crippen molar-refractivity contribution in [3.63, 3.8) is 0 Å². The van der Waals surface area contributed by atoms with Gasteiger partial charge in [0.15, 0.2) is 0 Å². The number of benzene rings is 1. The average molecular weight is 463 g/mol. The molecule has 1 N–H and O–H groups in total. The normalized spacial score (nSPS) is 9.72. The molecule has 5 nitrogen and oxygen atoms in total. The second-order valence-corrected chi connectivity index (χ2v) is 6.67. The van der Waals surface area contributed by atoms with Crippen LogP contribution in [-0.2, 0) is 4.79 Å². The minimum Gasteiger partial charge on any atom is -0.356 e. The molecule has 1 aromatic carbocycles. The van der Waals surface area contributed by atoms with E-state index in [4.69, 9.17) is 11.6 Å². The molecular weight excluding hydrogens is 434 g/mol. The van der Waals surface area contributed by atoms with E-state index in [1.54, 1.807) is 16.8 Å². The zero-order chi connectivity index (χ0) is 24.1. The molecule has 8 heteroatoms. The number of aromatic nitrogens is 3. The summed E-state index contributed by atoms with van der Waals surface area (Å²) in [7, 11) is 0. The fraction of sp³-hybridized carbons (Fsp3) is 0.292. The van der Waals surface area contributed by atoms with Crippen molar-refractivity contribution < 1.29 is 13.6 Å². The first kappa shape index (κ1) is 27.0. The summed E-state index contributed by atoms with van der Waals surface area (Å²) in [5.74, 6) is -0.829. The van der Waals surface area contributed by atoms with Crippen LogP contribution in [0.25, 0.3) is 23.0 Å². The molecule has 0 fully saturated rings. The van der Waals surface area contributed by atoms with Crippen molar-refractivity contribution >= 4 is 23.6 Å². The van der Waals surface area contributed by atoms with Gasteiger partial charge in [0.2, 0.25) is 5.91 Å². The minimum absolute atomic E-state index is 0.0172. The number of carbonyl (C=O) groups is 1. The van der Waals surface area contributed by atoms with Gasteiger partial charge in [0.1, 0.15) is 11.6 Å². The largest absolute Gasteiger partial charge is 0.356 e. The second kappa shape index (κ2) is 14.1. The summed E-state index contributed by atoms with van der Waals surface area (Å²) >= 11 is 5.82. The van der Waals surface area contributed by atoms with E-state index in [1.165, 1.54) is 30.5 Å². The molecule has 0 unspecified atom stereocenters. The first-order valence-corrected chi connectivity index (χ1v) is 10.8. The molecule has 0 bridgehead atoms. The predicted octanol–water partition coefficient (Wildman–Crippen LogP) is 6.46. The van der Waals surface area contributed by atoms with Gasteiger partial charge >= 0.3 is 0 Å². The number of halogens is 3. The average Bonchev–Trinajstić information content (AvgIpc) is 3.25. The van der Waals surface area contributed by atoms with Gasteiger partial charge in [-0.05, 0) is 42.8 Å². The third-order valence-corrected chi connectivity index (χ3v) is 4.27. The Bertz CT molecular complexity index is 1020. The zero-order valence-corrected chi connectivity index (χ0v) is 19.6. The Morgan fingerprint density at radius 1 is 1.19 bits per heavy atom. The van der Waals surface area contributed by atoms with Gasteiger partial charge in [-0.3, -0.25) is 9.78 Å². The van der Waals surface area contributed by atoms with Gasteiger partial charge < -0.3 is 5.32 Å². The van der Waals surface area contributed by atoms with Crippen LogP contribution in [0.2, 0.25) is 5.02 Å². The predicted molar refractivity (Wildman–Crippen MR) is 127 cm³/mol. The molecule has 0 atom stereocenters. The highest BCUT2D eigenvalue weighted by molar-refractivity contribution is 6.30. The molecule has 3 rings (SSSR count). The van der Waals surface area contributed by atoms with Crippen LogP contribution in [0.3, 0.4) is 0 Å². The van der Waals surface area contributed by atoms with Crippen LogP contribution in [0.4, 0.5) is 8.78 Å². The number of amides is 1. The summed E-state index contributed by atoms with van der Waals surface area (Å²) in [6.07, 6.45) is 5.82. The van der Waals surface area contributed by atoms with E-state index in [2.05, 4.69) is 22.0 Å². The van der Waals surface area contributed by atoms with Crippen LogP contribution in [-0.4, -0.2) is 27.2 Å². The molecule has 0 aliphatic heterocycles. The van der Waals surface area contributed by atoms with E-state index in [9.17, 15) is 13.6 Å². The fourth-order valence-corrected chi connectivity index (χ4v) is 2.63. The molecule has 32 heavy (non-hydrogen) atoms. The molecule has 172 valence electrons. The maximum atomic E-state index is 13.4. The van der Waals surface area contributed by atoms with Gasteiger partial charge in [-0.25, -0.2) is 13.5 Å². The molecule has 0 saturated heterocycles. The summed E-state index contributed by atoms with van der Waals surface area (Å²) in [5, 5.41) is 7.07. The van der Waals surface area contributed by atoms with Crippen molar-refractivity contribution in [2.45, 2.75) is 40.5 Å². The van der Waals surface area contributed by atoms with Gasteiger partial charge in [0.25, 0.3) is 0 Å². The number of nitrogens with one attached hydrogen (secondary N) is 1. The van der Waals surface area contributed by atoms with Crippen LogP contribution in [0.1, 0.15) is 46.2 Å². The third-order valence-electron chi connectivity index (χ3n) is 3.98. The zero-order valence-electron chi connectivity index (χ0n) is 18.8. The fourth-order valence-electron chi connectivity index (χ4n) is 2.46. The Hall–Kier alpha value is -3.06. The minimum atomic E-state index is -0.518. The standard InChI is InChI=1S/C16H10ClF2N3.C6H13NO.C2H6/c1-2-12-6-16(10-5-11(18)9-20-8-10)22(21-12)13-3-4-15(19)14(17)7-13;1-3-5-7-6(8)4-2;1-2/h2-9H,1H2;3-5H2,1-2H3,(H,7,8);1-2H3. The molecule has 1 amide bonds. The highest BCUT2D eigenvalue weighted by Gasteiger charge is 2.13.